The smallest absolute Gasteiger partial charge is 0.0564 e. The van der Waals surface area contributed by atoms with E-state index in [9.17, 15) is 5.11 Å². The Morgan fingerprint density at radius 1 is 1.29 bits per heavy atom. The predicted octanol–water partition coefficient (Wildman–Crippen LogP) is 3.34. The second-order valence-electron chi connectivity index (χ2n) is 5.92. The van der Waals surface area contributed by atoms with Crippen LogP contribution in [0.3, 0.4) is 0 Å². The van der Waals surface area contributed by atoms with Gasteiger partial charge in [0, 0.05) is 23.6 Å². The van der Waals surface area contributed by atoms with Gasteiger partial charge in [-0.25, -0.2) is 0 Å². The molecule has 0 aliphatic carbocycles. The van der Waals surface area contributed by atoms with E-state index in [1.165, 1.54) is 5.56 Å². The van der Waals surface area contributed by atoms with Crippen LogP contribution in [0.5, 0.6) is 0 Å². The first-order chi connectivity index (χ1) is 10.2. The lowest BCUT2D eigenvalue weighted by molar-refractivity contribution is 0.0806. The largest absolute Gasteiger partial charge is 0.393 e. The third kappa shape index (κ3) is 5.70. The summed E-state index contributed by atoms with van der Waals surface area (Å²) < 4.78 is 1.13. The Kier molecular flexibility index (Phi) is 7.17. The van der Waals surface area contributed by atoms with E-state index >= 15 is 0 Å². The summed E-state index contributed by atoms with van der Waals surface area (Å²) in [5.41, 5.74) is 1.36. The lowest BCUT2D eigenvalue weighted by Gasteiger charge is -2.31. The Morgan fingerprint density at radius 3 is 2.57 bits per heavy atom. The Bertz CT molecular complexity index is 402. The molecular formula is C17H27BrN2O. The van der Waals surface area contributed by atoms with Gasteiger partial charge >= 0.3 is 0 Å². The fraction of sp³-hybridized carbons (Fsp3) is 0.647. The molecule has 1 fully saturated rings. The minimum absolute atomic E-state index is 0.0817. The van der Waals surface area contributed by atoms with E-state index in [1.807, 2.05) is 0 Å². The van der Waals surface area contributed by atoms with Crippen molar-refractivity contribution in [2.24, 2.45) is 0 Å². The molecule has 1 aliphatic rings. The molecule has 4 heteroatoms. The topological polar surface area (TPSA) is 35.5 Å². The molecule has 118 valence electrons. The van der Waals surface area contributed by atoms with Gasteiger partial charge in [-0.1, -0.05) is 35.0 Å². The minimum atomic E-state index is -0.0817. The zero-order valence-corrected chi connectivity index (χ0v) is 14.5. The maximum Gasteiger partial charge on any atom is 0.0564 e. The Balaban J connectivity index is 1.88. The second kappa shape index (κ2) is 8.89. The van der Waals surface area contributed by atoms with Crippen LogP contribution in [-0.2, 0) is 0 Å². The predicted molar refractivity (Wildman–Crippen MR) is 91.5 cm³/mol. The van der Waals surface area contributed by atoms with E-state index < -0.39 is 0 Å². The highest BCUT2D eigenvalue weighted by Gasteiger charge is 2.18. The number of likely N-dealkylation sites (tertiary alicyclic amines) is 1. The van der Waals surface area contributed by atoms with Crippen LogP contribution in [-0.4, -0.2) is 42.3 Å². The molecule has 1 heterocycles. The van der Waals surface area contributed by atoms with Crippen LogP contribution in [0.2, 0.25) is 0 Å². The lowest BCUT2D eigenvalue weighted by atomic mass is 10.0. The second-order valence-corrected chi connectivity index (χ2v) is 6.84. The molecule has 21 heavy (non-hydrogen) atoms. The maximum absolute atomic E-state index is 9.58. The van der Waals surface area contributed by atoms with Crippen LogP contribution < -0.4 is 5.32 Å². The molecule has 0 amide bonds. The molecule has 1 unspecified atom stereocenters. The van der Waals surface area contributed by atoms with Gasteiger partial charge < -0.3 is 15.3 Å². The zero-order valence-electron chi connectivity index (χ0n) is 12.9. The quantitative estimate of drug-likeness (QED) is 0.788. The average Bonchev–Trinajstić information content (AvgIpc) is 2.50. The SMILES string of the molecule is CCCNC(CCN1CCC(O)CC1)c1ccc(Br)cc1. The van der Waals surface area contributed by atoms with Gasteiger partial charge in [0.25, 0.3) is 0 Å². The van der Waals surface area contributed by atoms with Crippen molar-refractivity contribution >= 4 is 15.9 Å². The van der Waals surface area contributed by atoms with Crippen molar-refractivity contribution < 1.29 is 5.11 Å². The first kappa shape index (κ1) is 16.9. The summed E-state index contributed by atoms with van der Waals surface area (Å²) in [7, 11) is 0. The van der Waals surface area contributed by atoms with Gasteiger partial charge in [-0.3, -0.25) is 0 Å². The van der Waals surface area contributed by atoms with E-state index in [1.54, 1.807) is 0 Å². The molecule has 2 N–H and O–H groups in total. The van der Waals surface area contributed by atoms with Crippen molar-refractivity contribution in [2.45, 2.75) is 44.8 Å². The molecule has 1 aliphatic heterocycles. The number of hydrogen-bond acceptors (Lipinski definition) is 3. The van der Waals surface area contributed by atoms with Gasteiger partial charge in [0.2, 0.25) is 0 Å². The standard InChI is InChI=1S/C17H27BrN2O/c1-2-10-19-17(14-3-5-15(18)6-4-14)9-13-20-11-7-16(21)8-12-20/h3-6,16-17,19,21H,2,7-13H2,1H3. The zero-order chi connectivity index (χ0) is 15.1. The van der Waals surface area contributed by atoms with Gasteiger partial charge in [0.15, 0.2) is 0 Å². The molecule has 3 nitrogen and oxygen atoms in total. The maximum atomic E-state index is 9.58. The summed E-state index contributed by atoms with van der Waals surface area (Å²) in [6.07, 6.45) is 4.04. The van der Waals surface area contributed by atoms with Gasteiger partial charge in [-0.05, 0) is 56.5 Å². The summed E-state index contributed by atoms with van der Waals surface area (Å²) in [5.74, 6) is 0. The molecular weight excluding hydrogens is 328 g/mol. The highest BCUT2D eigenvalue weighted by molar-refractivity contribution is 9.10. The van der Waals surface area contributed by atoms with Crippen molar-refractivity contribution in [3.63, 3.8) is 0 Å². The van der Waals surface area contributed by atoms with E-state index in [4.69, 9.17) is 0 Å². The number of hydrogen-bond donors (Lipinski definition) is 2. The van der Waals surface area contributed by atoms with Crippen molar-refractivity contribution in [3.8, 4) is 0 Å². The van der Waals surface area contributed by atoms with E-state index in [-0.39, 0.29) is 6.10 Å². The van der Waals surface area contributed by atoms with Crippen LogP contribution in [0.1, 0.15) is 44.2 Å². The van der Waals surface area contributed by atoms with E-state index in [2.05, 4.69) is 57.3 Å². The summed E-state index contributed by atoms with van der Waals surface area (Å²) >= 11 is 3.50. The molecule has 1 aromatic rings. The van der Waals surface area contributed by atoms with E-state index in [0.29, 0.717) is 6.04 Å². The molecule has 1 saturated heterocycles. The highest BCUT2D eigenvalue weighted by atomic mass is 79.9. The third-order valence-electron chi connectivity index (χ3n) is 4.20. The molecule has 1 aromatic carbocycles. The van der Waals surface area contributed by atoms with Crippen LogP contribution in [0.25, 0.3) is 0 Å². The van der Waals surface area contributed by atoms with Crippen molar-refractivity contribution in [3.05, 3.63) is 34.3 Å². The van der Waals surface area contributed by atoms with Gasteiger partial charge in [0.05, 0.1) is 6.10 Å². The normalized spacial score (nSPS) is 18.8. The number of aliphatic hydroxyl groups is 1. The third-order valence-corrected chi connectivity index (χ3v) is 4.73. The number of rotatable bonds is 7. The number of nitrogens with one attached hydrogen (secondary N) is 1. The summed E-state index contributed by atoms with van der Waals surface area (Å²) in [6, 6.07) is 9.07. The van der Waals surface area contributed by atoms with Crippen molar-refractivity contribution in [1.29, 1.82) is 0 Å². The first-order valence-electron chi connectivity index (χ1n) is 8.08. The lowest BCUT2D eigenvalue weighted by Crippen LogP contribution is -2.37. The highest BCUT2D eigenvalue weighted by Crippen LogP contribution is 2.21. The Morgan fingerprint density at radius 2 is 1.95 bits per heavy atom. The average molecular weight is 355 g/mol. The number of halogens is 1. The fourth-order valence-electron chi connectivity index (χ4n) is 2.85. The Labute approximate surface area is 136 Å². The number of aliphatic hydroxyl groups excluding tert-OH is 1. The molecule has 2 rings (SSSR count). The fourth-order valence-corrected chi connectivity index (χ4v) is 3.12. The summed E-state index contributed by atoms with van der Waals surface area (Å²) in [5, 5.41) is 13.2. The molecule has 0 bridgehead atoms. The summed E-state index contributed by atoms with van der Waals surface area (Å²) in [6.45, 7) is 6.42. The van der Waals surface area contributed by atoms with Crippen molar-refractivity contribution in [1.82, 2.24) is 10.2 Å². The first-order valence-corrected chi connectivity index (χ1v) is 8.87. The molecule has 0 spiro atoms. The number of benzene rings is 1. The van der Waals surface area contributed by atoms with Gasteiger partial charge in [-0.2, -0.15) is 0 Å². The van der Waals surface area contributed by atoms with Gasteiger partial charge in [-0.15, -0.1) is 0 Å². The summed E-state index contributed by atoms with van der Waals surface area (Å²) in [4.78, 5) is 2.48. The molecule has 0 aromatic heterocycles. The van der Waals surface area contributed by atoms with Crippen LogP contribution in [0, 0.1) is 0 Å². The molecule has 0 saturated carbocycles. The Hall–Kier alpha value is -0.420. The number of piperidine rings is 1. The van der Waals surface area contributed by atoms with Crippen LogP contribution in [0.15, 0.2) is 28.7 Å². The van der Waals surface area contributed by atoms with Crippen LogP contribution >= 0.6 is 15.9 Å². The molecule has 1 atom stereocenters. The molecule has 0 radical (unpaired) electrons. The van der Waals surface area contributed by atoms with E-state index in [0.717, 1.165) is 56.3 Å². The minimum Gasteiger partial charge on any atom is -0.393 e. The monoisotopic (exact) mass is 354 g/mol. The van der Waals surface area contributed by atoms with Crippen molar-refractivity contribution in [2.75, 3.05) is 26.2 Å². The van der Waals surface area contributed by atoms with Gasteiger partial charge in [0.1, 0.15) is 0 Å². The number of nitrogens with zero attached hydrogens (tertiary/aromatic N) is 1. The van der Waals surface area contributed by atoms with Crippen LogP contribution in [0.4, 0.5) is 0 Å².